The summed E-state index contributed by atoms with van der Waals surface area (Å²) in [5.74, 6) is 0.709. The van der Waals surface area contributed by atoms with Crippen LogP contribution < -0.4 is 15.4 Å². The van der Waals surface area contributed by atoms with Gasteiger partial charge in [-0.25, -0.2) is 0 Å². The average molecular weight is 285 g/mol. The van der Waals surface area contributed by atoms with E-state index in [1.165, 1.54) is 0 Å². The summed E-state index contributed by atoms with van der Waals surface area (Å²) < 4.78 is 5.45. The predicted molar refractivity (Wildman–Crippen MR) is 76.0 cm³/mol. The van der Waals surface area contributed by atoms with E-state index in [1.807, 2.05) is 20.8 Å². The van der Waals surface area contributed by atoms with E-state index < -0.39 is 6.10 Å². The van der Waals surface area contributed by atoms with E-state index in [9.17, 15) is 5.11 Å². The van der Waals surface area contributed by atoms with E-state index in [-0.39, 0.29) is 25.3 Å². The molecule has 4 N–H and O–H groups in total. The minimum Gasteiger partial charge on any atom is -0.461 e. The van der Waals surface area contributed by atoms with Crippen LogP contribution in [0.5, 0.6) is 6.01 Å². The maximum absolute atomic E-state index is 9.31. The van der Waals surface area contributed by atoms with Crippen LogP contribution in [0.2, 0.25) is 0 Å². The molecule has 114 valence electrons. The highest BCUT2D eigenvalue weighted by Crippen LogP contribution is 2.12. The number of aromatic nitrogens is 3. The van der Waals surface area contributed by atoms with Crippen molar-refractivity contribution in [2.24, 2.45) is 0 Å². The van der Waals surface area contributed by atoms with Crippen LogP contribution >= 0.6 is 0 Å². The first-order chi connectivity index (χ1) is 9.55. The van der Waals surface area contributed by atoms with Crippen LogP contribution in [0, 0.1) is 0 Å². The van der Waals surface area contributed by atoms with Crippen molar-refractivity contribution in [3.8, 4) is 6.01 Å². The van der Waals surface area contributed by atoms with Gasteiger partial charge in [0.05, 0.1) is 18.8 Å². The fraction of sp³-hybridized carbons (Fsp3) is 0.750. The number of nitrogens with one attached hydrogen (secondary N) is 2. The van der Waals surface area contributed by atoms with Gasteiger partial charge in [0.1, 0.15) is 0 Å². The zero-order valence-electron chi connectivity index (χ0n) is 12.1. The number of aliphatic hydroxyl groups is 2. The molecule has 1 aromatic rings. The standard InChI is InChI=1S/C12H23N5O3/c1-4-5-13-10-15-11(14-6-9(19)7-18)17-12(16-10)20-8(2)3/h8-9,18-19H,4-7H2,1-3H3,(H2,13,14,15,16,17). The number of ether oxygens (including phenoxy) is 1. The minimum absolute atomic E-state index is 0.0488. The van der Waals surface area contributed by atoms with Crippen molar-refractivity contribution < 1.29 is 14.9 Å². The first kappa shape index (κ1) is 16.4. The third-order valence-electron chi connectivity index (χ3n) is 2.20. The van der Waals surface area contributed by atoms with Gasteiger partial charge < -0.3 is 25.6 Å². The fourth-order valence-electron chi connectivity index (χ4n) is 1.29. The first-order valence-electron chi connectivity index (χ1n) is 6.74. The molecule has 0 aliphatic heterocycles. The number of anilines is 2. The zero-order valence-corrected chi connectivity index (χ0v) is 12.1. The lowest BCUT2D eigenvalue weighted by atomic mass is 10.4. The molecule has 8 heteroatoms. The van der Waals surface area contributed by atoms with E-state index >= 15 is 0 Å². The molecule has 1 atom stereocenters. The van der Waals surface area contributed by atoms with Crippen LogP contribution in [0.15, 0.2) is 0 Å². The van der Waals surface area contributed by atoms with E-state index in [0.29, 0.717) is 11.9 Å². The Kier molecular flexibility index (Phi) is 6.96. The second-order valence-corrected chi connectivity index (χ2v) is 4.58. The quantitative estimate of drug-likeness (QED) is 0.510. The molecule has 0 fully saturated rings. The lowest BCUT2D eigenvalue weighted by molar-refractivity contribution is 0.105. The highest BCUT2D eigenvalue weighted by molar-refractivity contribution is 5.35. The molecule has 20 heavy (non-hydrogen) atoms. The van der Waals surface area contributed by atoms with Crippen LogP contribution in [0.3, 0.4) is 0 Å². The highest BCUT2D eigenvalue weighted by atomic mass is 16.5. The van der Waals surface area contributed by atoms with Gasteiger partial charge in [0.25, 0.3) is 0 Å². The Morgan fingerprint density at radius 1 is 1.15 bits per heavy atom. The Labute approximate surface area is 118 Å². The molecule has 0 aromatic carbocycles. The highest BCUT2D eigenvalue weighted by Gasteiger charge is 2.10. The van der Waals surface area contributed by atoms with Gasteiger partial charge in [0, 0.05) is 13.1 Å². The van der Waals surface area contributed by atoms with Crippen molar-refractivity contribution in [1.29, 1.82) is 0 Å². The zero-order chi connectivity index (χ0) is 15.0. The van der Waals surface area contributed by atoms with Gasteiger partial charge in [-0.1, -0.05) is 6.92 Å². The van der Waals surface area contributed by atoms with E-state index in [4.69, 9.17) is 9.84 Å². The lowest BCUT2D eigenvalue weighted by Gasteiger charge is -2.13. The molecule has 0 spiro atoms. The van der Waals surface area contributed by atoms with Gasteiger partial charge in [-0.2, -0.15) is 15.0 Å². The second kappa shape index (κ2) is 8.49. The van der Waals surface area contributed by atoms with Crippen LogP contribution in [-0.4, -0.2) is 57.1 Å². The summed E-state index contributed by atoms with van der Waals surface area (Å²) in [7, 11) is 0. The molecule has 0 saturated carbocycles. The first-order valence-corrected chi connectivity index (χ1v) is 6.74. The Hall–Kier alpha value is -1.67. The molecular weight excluding hydrogens is 262 g/mol. The smallest absolute Gasteiger partial charge is 0.323 e. The molecule has 1 rings (SSSR count). The van der Waals surface area contributed by atoms with Crippen molar-refractivity contribution in [2.45, 2.75) is 39.4 Å². The van der Waals surface area contributed by atoms with E-state index in [0.717, 1.165) is 13.0 Å². The molecule has 0 bridgehead atoms. The summed E-state index contributed by atoms with van der Waals surface area (Å²) in [6, 6.07) is 0.217. The van der Waals surface area contributed by atoms with Crippen LogP contribution in [0.25, 0.3) is 0 Å². The summed E-state index contributed by atoms with van der Waals surface area (Å²) in [6.45, 7) is 6.36. The summed E-state index contributed by atoms with van der Waals surface area (Å²) in [4.78, 5) is 12.4. The molecule has 8 nitrogen and oxygen atoms in total. The van der Waals surface area contributed by atoms with Crippen LogP contribution in [0.4, 0.5) is 11.9 Å². The number of hydrogen-bond acceptors (Lipinski definition) is 8. The van der Waals surface area contributed by atoms with Crippen molar-refractivity contribution in [1.82, 2.24) is 15.0 Å². The molecule has 0 aliphatic rings. The number of rotatable bonds is 9. The fourth-order valence-corrected chi connectivity index (χ4v) is 1.29. The molecular formula is C12H23N5O3. The van der Waals surface area contributed by atoms with Crippen molar-refractivity contribution in [3.63, 3.8) is 0 Å². The van der Waals surface area contributed by atoms with Gasteiger partial charge in [0.15, 0.2) is 0 Å². The van der Waals surface area contributed by atoms with Crippen molar-refractivity contribution in [2.75, 3.05) is 30.3 Å². The van der Waals surface area contributed by atoms with E-state index in [1.54, 1.807) is 0 Å². The van der Waals surface area contributed by atoms with Gasteiger partial charge in [-0.15, -0.1) is 0 Å². The van der Waals surface area contributed by atoms with Gasteiger partial charge >= 0.3 is 6.01 Å². The molecule has 1 unspecified atom stereocenters. The maximum Gasteiger partial charge on any atom is 0.323 e. The normalized spacial score (nSPS) is 12.3. The maximum atomic E-state index is 9.31. The van der Waals surface area contributed by atoms with Crippen molar-refractivity contribution >= 4 is 11.9 Å². The van der Waals surface area contributed by atoms with Gasteiger partial charge in [0.2, 0.25) is 11.9 Å². The molecule has 0 saturated heterocycles. The monoisotopic (exact) mass is 285 g/mol. The molecule has 1 heterocycles. The Balaban J connectivity index is 2.79. The predicted octanol–water partition coefficient (Wildman–Crippen LogP) is 0.246. The summed E-state index contributed by atoms with van der Waals surface area (Å²) >= 11 is 0. The number of hydrogen-bond donors (Lipinski definition) is 4. The molecule has 0 amide bonds. The lowest BCUT2D eigenvalue weighted by Crippen LogP contribution is -2.24. The third kappa shape index (κ3) is 5.98. The van der Waals surface area contributed by atoms with Crippen LogP contribution in [0.1, 0.15) is 27.2 Å². The Morgan fingerprint density at radius 2 is 1.80 bits per heavy atom. The molecule has 0 aliphatic carbocycles. The third-order valence-corrected chi connectivity index (χ3v) is 2.20. The summed E-state index contributed by atoms with van der Waals surface area (Å²) in [6.07, 6.45) is 0.0264. The summed E-state index contributed by atoms with van der Waals surface area (Å²) in [5, 5.41) is 24.0. The molecule has 1 aromatic heterocycles. The van der Waals surface area contributed by atoms with E-state index in [2.05, 4.69) is 25.6 Å². The molecule has 0 radical (unpaired) electrons. The topological polar surface area (TPSA) is 112 Å². The Bertz CT molecular complexity index is 403. The van der Waals surface area contributed by atoms with Crippen molar-refractivity contribution in [3.05, 3.63) is 0 Å². The van der Waals surface area contributed by atoms with Gasteiger partial charge in [-0.05, 0) is 20.3 Å². The largest absolute Gasteiger partial charge is 0.461 e. The van der Waals surface area contributed by atoms with Gasteiger partial charge in [-0.3, -0.25) is 0 Å². The minimum atomic E-state index is -0.867. The summed E-state index contributed by atoms with van der Waals surface area (Å²) in [5.41, 5.74) is 0. The Morgan fingerprint density at radius 3 is 2.35 bits per heavy atom. The van der Waals surface area contributed by atoms with Crippen LogP contribution in [-0.2, 0) is 0 Å². The second-order valence-electron chi connectivity index (χ2n) is 4.58. The number of aliphatic hydroxyl groups excluding tert-OH is 2. The number of nitrogens with zero attached hydrogens (tertiary/aromatic N) is 3. The SMILES string of the molecule is CCCNc1nc(NCC(O)CO)nc(OC(C)C)n1. The average Bonchev–Trinajstić information content (AvgIpc) is 2.41.